The monoisotopic (exact) mass is 473 g/mol. The molecule has 3 heterocycles. The minimum atomic E-state index is -0.00418. The van der Waals surface area contributed by atoms with Crippen LogP contribution in [-0.4, -0.2) is 65.0 Å². The molecule has 8 nitrogen and oxygen atoms in total. The molecule has 10 heteroatoms. The first-order chi connectivity index (χ1) is 15.5. The molecule has 0 radical (unpaired) electrons. The number of nitrogens with zero attached hydrogens (tertiary/aromatic N) is 4. The normalized spacial score (nSPS) is 19.6. The Kier molecular flexibility index (Phi) is 7.39. The lowest BCUT2D eigenvalue weighted by Crippen LogP contribution is -2.31. The van der Waals surface area contributed by atoms with Crippen LogP contribution in [0.2, 0.25) is 5.02 Å². The van der Waals surface area contributed by atoms with Gasteiger partial charge in [0.15, 0.2) is 5.13 Å². The van der Waals surface area contributed by atoms with Gasteiger partial charge in [0.25, 0.3) is 5.91 Å². The summed E-state index contributed by atoms with van der Waals surface area (Å²) in [5.74, 6) is 0.596. The van der Waals surface area contributed by atoms with Crippen molar-refractivity contribution in [1.29, 1.82) is 0 Å². The standard InChI is InChI=1S/C22H28ClN7OS/c1-30(2)20(31)14-5-6-18-19(10-14)32-22(29-18)28-17-7-9-24-8-3-4-16(11-17)27-21-25-12-15(23)13-26-21/h5-6,10,12-13,16-17,24H,3-4,7-9,11H2,1-2H3,(H,28,29)(H,25,26,27)/t16-,17-/m0/s1. The van der Waals surface area contributed by atoms with E-state index in [4.69, 9.17) is 16.6 Å². The van der Waals surface area contributed by atoms with Gasteiger partial charge < -0.3 is 20.9 Å². The second kappa shape index (κ2) is 10.4. The Balaban J connectivity index is 1.48. The maximum Gasteiger partial charge on any atom is 0.253 e. The second-order valence-electron chi connectivity index (χ2n) is 8.23. The minimum Gasteiger partial charge on any atom is -0.359 e. The predicted molar refractivity (Wildman–Crippen MR) is 131 cm³/mol. The molecule has 3 aromatic rings. The number of hydrogen-bond donors (Lipinski definition) is 3. The third-order valence-corrected chi connectivity index (χ3v) is 6.61. The van der Waals surface area contributed by atoms with Crippen molar-refractivity contribution in [2.75, 3.05) is 37.8 Å². The molecule has 1 fully saturated rings. The second-order valence-corrected chi connectivity index (χ2v) is 9.69. The topological polar surface area (TPSA) is 95.1 Å². The number of carbonyl (C=O) groups is 1. The van der Waals surface area contributed by atoms with Gasteiger partial charge in [-0.05, 0) is 57.0 Å². The molecule has 1 saturated heterocycles. The van der Waals surface area contributed by atoms with E-state index in [1.807, 2.05) is 18.2 Å². The molecule has 4 rings (SSSR count). The average Bonchev–Trinajstić information content (AvgIpc) is 3.21. The molecule has 1 aliphatic rings. The molecular weight excluding hydrogens is 446 g/mol. The highest BCUT2D eigenvalue weighted by Crippen LogP contribution is 2.29. The number of fused-ring (bicyclic) bond motifs is 1. The maximum atomic E-state index is 12.3. The summed E-state index contributed by atoms with van der Waals surface area (Å²) in [6.07, 6.45) is 7.24. The lowest BCUT2D eigenvalue weighted by molar-refractivity contribution is 0.0828. The van der Waals surface area contributed by atoms with Gasteiger partial charge in [-0.15, -0.1) is 0 Å². The van der Waals surface area contributed by atoms with Crippen LogP contribution in [0.1, 0.15) is 36.0 Å². The molecule has 2 aromatic heterocycles. The van der Waals surface area contributed by atoms with Gasteiger partial charge in [0.1, 0.15) is 0 Å². The number of benzene rings is 1. The molecule has 32 heavy (non-hydrogen) atoms. The lowest BCUT2D eigenvalue weighted by atomic mass is 10.0. The summed E-state index contributed by atoms with van der Waals surface area (Å²) in [5.41, 5.74) is 1.58. The van der Waals surface area contributed by atoms with E-state index >= 15 is 0 Å². The van der Waals surface area contributed by atoms with Gasteiger partial charge in [-0.25, -0.2) is 15.0 Å². The first kappa shape index (κ1) is 22.7. The third-order valence-electron chi connectivity index (χ3n) is 5.47. The molecule has 1 amide bonds. The zero-order chi connectivity index (χ0) is 22.5. The number of aromatic nitrogens is 3. The average molecular weight is 474 g/mol. The van der Waals surface area contributed by atoms with Crippen LogP contribution in [-0.2, 0) is 0 Å². The van der Waals surface area contributed by atoms with Crippen LogP contribution >= 0.6 is 22.9 Å². The van der Waals surface area contributed by atoms with Crippen LogP contribution in [0.3, 0.4) is 0 Å². The Labute approximate surface area is 196 Å². The van der Waals surface area contributed by atoms with Gasteiger partial charge in [-0.3, -0.25) is 4.79 Å². The number of thiazole rings is 1. The van der Waals surface area contributed by atoms with E-state index in [-0.39, 0.29) is 18.0 Å². The largest absolute Gasteiger partial charge is 0.359 e. The highest BCUT2D eigenvalue weighted by atomic mass is 35.5. The van der Waals surface area contributed by atoms with Crippen LogP contribution in [0.15, 0.2) is 30.6 Å². The summed E-state index contributed by atoms with van der Waals surface area (Å²) in [4.78, 5) is 27.2. The summed E-state index contributed by atoms with van der Waals surface area (Å²) >= 11 is 7.50. The molecule has 170 valence electrons. The van der Waals surface area contributed by atoms with Crippen LogP contribution in [0, 0.1) is 0 Å². The van der Waals surface area contributed by atoms with E-state index in [1.165, 1.54) is 0 Å². The van der Waals surface area contributed by atoms with Gasteiger partial charge in [0, 0.05) is 31.7 Å². The first-order valence-corrected chi connectivity index (χ1v) is 12.0. The number of anilines is 2. The SMILES string of the molecule is CN(C)C(=O)c1ccc2nc(N[C@H]3CCNCCC[C@H](Nc4ncc(Cl)cn4)C3)sc2c1. The van der Waals surface area contributed by atoms with Crippen molar-refractivity contribution in [1.82, 2.24) is 25.2 Å². The van der Waals surface area contributed by atoms with Gasteiger partial charge in [0.2, 0.25) is 5.95 Å². The molecule has 3 N–H and O–H groups in total. The maximum absolute atomic E-state index is 12.3. The first-order valence-electron chi connectivity index (χ1n) is 10.8. The van der Waals surface area contributed by atoms with Crippen LogP contribution < -0.4 is 16.0 Å². The van der Waals surface area contributed by atoms with E-state index in [0.29, 0.717) is 16.5 Å². The number of carbonyl (C=O) groups excluding carboxylic acids is 1. The van der Waals surface area contributed by atoms with Gasteiger partial charge in [0.05, 0.1) is 27.6 Å². The molecule has 0 spiro atoms. The Morgan fingerprint density at radius 1 is 1.16 bits per heavy atom. The number of halogens is 1. The van der Waals surface area contributed by atoms with E-state index in [1.54, 1.807) is 42.7 Å². The predicted octanol–water partition coefficient (Wildman–Crippen LogP) is 3.87. The molecule has 0 aliphatic carbocycles. The summed E-state index contributed by atoms with van der Waals surface area (Å²) in [5, 5.41) is 12.0. The summed E-state index contributed by atoms with van der Waals surface area (Å²) in [7, 11) is 3.52. The molecule has 0 bridgehead atoms. The van der Waals surface area contributed by atoms with Gasteiger partial charge in [-0.1, -0.05) is 22.9 Å². The highest BCUT2D eigenvalue weighted by Gasteiger charge is 2.20. The lowest BCUT2D eigenvalue weighted by Gasteiger charge is -2.24. The van der Waals surface area contributed by atoms with Crippen molar-refractivity contribution in [2.45, 2.75) is 37.8 Å². The van der Waals surface area contributed by atoms with Crippen molar-refractivity contribution in [3.05, 3.63) is 41.2 Å². The fraction of sp³-hybridized carbons (Fsp3) is 0.455. The number of amides is 1. The Morgan fingerprint density at radius 2 is 1.94 bits per heavy atom. The van der Waals surface area contributed by atoms with Crippen LogP contribution in [0.4, 0.5) is 11.1 Å². The number of hydrogen-bond acceptors (Lipinski definition) is 8. The zero-order valence-corrected chi connectivity index (χ0v) is 19.8. The molecular formula is C22H28ClN7OS. The summed E-state index contributed by atoms with van der Waals surface area (Å²) in [6.45, 7) is 1.95. The molecule has 0 unspecified atom stereocenters. The van der Waals surface area contributed by atoms with Crippen molar-refractivity contribution < 1.29 is 4.79 Å². The van der Waals surface area contributed by atoms with Crippen molar-refractivity contribution in [3.8, 4) is 0 Å². The zero-order valence-electron chi connectivity index (χ0n) is 18.3. The highest BCUT2D eigenvalue weighted by molar-refractivity contribution is 7.22. The molecule has 1 aliphatic heterocycles. The summed E-state index contributed by atoms with van der Waals surface area (Å²) < 4.78 is 1.01. The minimum absolute atomic E-state index is 0.00418. The Hall–Kier alpha value is -2.49. The summed E-state index contributed by atoms with van der Waals surface area (Å²) in [6, 6.07) is 6.17. The van der Waals surface area contributed by atoms with E-state index < -0.39 is 0 Å². The van der Waals surface area contributed by atoms with Crippen molar-refractivity contribution in [3.63, 3.8) is 0 Å². The van der Waals surface area contributed by atoms with Crippen LogP contribution in [0.5, 0.6) is 0 Å². The van der Waals surface area contributed by atoms with Gasteiger partial charge >= 0.3 is 0 Å². The van der Waals surface area contributed by atoms with Crippen molar-refractivity contribution >= 4 is 50.1 Å². The molecule has 1 aromatic carbocycles. The number of rotatable bonds is 5. The fourth-order valence-electron chi connectivity index (χ4n) is 3.84. The fourth-order valence-corrected chi connectivity index (χ4v) is 4.92. The Bertz CT molecular complexity index is 1060. The quantitative estimate of drug-likeness (QED) is 0.517. The third kappa shape index (κ3) is 5.85. The smallest absolute Gasteiger partial charge is 0.253 e. The van der Waals surface area contributed by atoms with Gasteiger partial charge in [-0.2, -0.15) is 0 Å². The molecule has 2 atom stereocenters. The number of nitrogens with one attached hydrogen (secondary N) is 3. The van der Waals surface area contributed by atoms with E-state index in [0.717, 1.165) is 54.1 Å². The van der Waals surface area contributed by atoms with Crippen molar-refractivity contribution in [2.24, 2.45) is 0 Å². The van der Waals surface area contributed by atoms with E-state index in [2.05, 4.69) is 25.9 Å². The molecule has 0 saturated carbocycles. The Morgan fingerprint density at radius 3 is 2.72 bits per heavy atom. The van der Waals surface area contributed by atoms with E-state index in [9.17, 15) is 4.79 Å². The van der Waals surface area contributed by atoms with Crippen LogP contribution in [0.25, 0.3) is 10.2 Å².